The summed E-state index contributed by atoms with van der Waals surface area (Å²) in [4.78, 5) is 18.5. The van der Waals surface area contributed by atoms with E-state index in [-0.39, 0.29) is 11.7 Å². The number of hydrogen-bond donors (Lipinski definition) is 0. The quantitative estimate of drug-likeness (QED) is 0.711. The lowest BCUT2D eigenvalue weighted by Gasteiger charge is -2.16. The van der Waals surface area contributed by atoms with Gasteiger partial charge in [-0.3, -0.25) is 4.79 Å². The SMILES string of the molecule is CN(Cc1ccc(C#N)cc1)C(=O)c1csc(-c2ccc(F)cc2)n1. The molecule has 0 saturated carbocycles. The monoisotopic (exact) mass is 351 g/mol. The maximum absolute atomic E-state index is 13.0. The Bertz CT molecular complexity index is 927. The summed E-state index contributed by atoms with van der Waals surface area (Å²) in [5, 5.41) is 11.2. The van der Waals surface area contributed by atoms with Crippen molar-refractivity contribution in [3.05, 3.63) is 76.5 Å². The van der Waals surface area contributed by atoms with Crippen LogP contribution < -0.4 is 0 Å². The maximum atomic E-state index is 13.0. The van der Waals surface area contributed by atoms with Gasteiger partial charge in [0.1, 0.15) is 16.5 Å². The lowest BCUT2D eigenvalue weighted by atomic mass is 10.1. The molecule has 0 fully saturated rings. The topological polar surface area (TPSA) is 57.0 Å². The number of nitriles is 1. The highest BCUT2D eigenvalue weighted by Crippen LogP contribution is 2.24. The molecule has 1 amide bonds. The second kappa shape index (κ2) is 7.24. The average Bonchev–Trinajstić information content (AvgIpc) is 3.12. The van der Waals surface area contributed by atoms with Crippen molar-refractivity contribution < 1.29 is 9.18 Å². The molecule has 25 heavy (non-hydrogen) atoms. The fourth-order valence-electron chi connectivity index (χ4n) is 2.32. The highest BCUT2D eigenvalue weighted by atomic mass is 32.1. The molecule has 3 aromatic rings. The van der Waals surface area contributed by atoms with Crippen molar-refractivity contribution in [1.82, 2.24) is 9.88 Å². The van der Waals surface area contributed by atoms with E-state index in [1.807, 2.05) is 12.1 Å². The number of amides is 1. The van der Waals surface area contributed by atoms with Gasteiger partial charge >= 0.3 is 0 Å². The lowest BCUT2D eigenvalue weighted by molar-refractivity contribution is 0.0780. The molecule has 0 N–H and O–H groups in total. The van der Waals surface area contributed by atoms with Gasteiger partial charge in [-0.2, -0.15) is 5.26 Å². The first-order valence-electron chi connectivity index (χ1n) is 7.53. The minimum absolute atomic E-state index is 0.186. The Balaban J connectivity index is 1.72. The van der Waals surface area contributed by atoms with Crippen molar-refractivity contribution in [2.45, 2.75) is 6.54 Å². The van der Waals surface area contributed by atoms with Crippen LogP contribution in [-0.4, -0.2) is 22.8 Å². The van der Waals surface area contributed by atoms with E-state index in [1.165, 1.54) is 23.5 Å². The molecule has 0 aliphatic rings. The molecular weight excluding hydrogens is 337 g/mol. The average molecular weight is 351 g/mol. The van der Waals surface area contributed by atoms with Crippen molar-refractivity contribution in [3.63, 3.8) is 0 Å². The van der Waals surface area contributed by atoms with Gasteiger partial charge in [0, 0.05) is 24.5 Å². The Morgan fingerprint density at radius 1 is 1.20 bits per heavy atom. The molecule has 2 aromatic carbocycles. The van der Waals surface area contributed by atoms with Crippen LogP contribution in [0.1, 0.15) is 21.6 Å². The number of nitrogens with zero attached hydrogens (tertiary/aromatic N) is 3. The van der Waals surface area contributed by atoms with Gasteiger partial charge in [-0.15, -0.1) is 11.3 Å². The van der Waals surface area contributed by atoms with Gasteiger partial charge in [0.25, 0.3) is 5.91 Å². The third kappa shape index (κ3) is 3.90. The minimum Gasteiger partial charge on any atom is -0.336 e. The van der Waals surface area contributed by atoms with Crippen LogP contribution >= 0.6 is 11.3 Å². The Labute approximate surface area is 148 Å². The molecule has 6 heteroatoms. The van der Waals surface area contributed by atoms with Crippen LogP contribution in [0.25, 0.3) is 10.6 Å². The number of thiazole rings is 1. The Morgan fingerprint density at radius 3 is 2.52 bits per heavy atom. The molecule has 0 atom stereocenters. The molecule has 0 radical (unpaired) electrons. The van der Waals surface area contributed by atoms with Crippen molar-refractivity contribution in [1.29, 1.82) is 5.26 Å². The van der Waals surface area contributed by atoms with Crippen LogP contribution in [0.4, 0.5) is 4.39 Å². The zero-order chi connectivity index (χ0) is 17.8. The molecule has 0 saturated heterocycles. The van der Waals surface area contributed by atoms with E-state index in [0.717, 1.165) is 11.1 Å². The summed E-state index contributed by atoms with van der Waals surface area (Å²) in [6.45, 7) is 0.425. The van der Waals surface area contributed by atoms with Crippen LogP contribution in [0.5, 0.6) is 0 Å². The number of halogens is 1. The minimum atomic E-state index is -0.307. The van der Waals surface area contributed by atoms with E-state index < -0.39 is 0 Å². The van der Waals surface area contributed by atoms with E-state index in [4.69, 9.17) is 5.26 Å². The summed E-state index contributed by atoms with van der Waals surface area (Å²) in [7, 11) is 1.71. The molecule has 0 bridgehead atoms. The van der Waals surface area contributed by atoms with Gasteiger partial charge in [-0.05, 0) is 42.0 Å². The van der Waals surface area contributed by atoms with Gasteiger partial charge in [0.05, 0.1) is 11.6 Å². The first-order chi connectivity index (χ1) is 12.1. The standard InChI is InChI=1S/C19H14FN3OS/c1-23(11-14-4-2-13(10-21)3-5-14)19(24)17-12-25-18(22-17)15-6-8-16(20)9-7-15/h2-9,12H,11H2,1H3. The van der Waals surface area contributed by atoms with E-state index >= 15 is 0 Å². The van der Waals surface area contributed by atoms with E-state index in [2.05, 4.69) is 11.1 Å². The van der Waals surface area contributed by atoms with E-state index in [1.54, 1.807) is 41.6 Å². The Kier molecular flexibility index (Phi) is 4.87. The molecule has 3 rings (SSSR count). The van der Waals surface area contributed by atoms with Crippen LogP contribution in [0.15, 0.2) is 53.9 Å². The number of rotatable bonds is 4. The smallest absolute Gasteiger partial charge is 0.273 e. The zero-order valence-electron chi connectivity index (χ0n) is 13.4. The normalized spacial score (nSPS) is 10.3. The van der Waals surface area contributed by atoms with E-state index in [9.17, 15) is 9.18 Å². The van der Waals surface area contributed by atoms with Gasteiger partial charge in [0.15, 0.2) is 0 Å². The van der Waals surface area contributed by atoms with Crippen molar-refractivity contribution in [3.8, 4) is 16.6 Å². The lowest BCUT2D eigenvalue weighted by Crippen LogP contribution is -2.26. The third-order valence-electron chi connectivity index (χ3n) is 3.66. The first kappa shape index (κ1) is 16.8. The zero-order valence-corrected chi connectivity index (χ0v) is 14.3. The second-order valence-corrected chi connectivity index (χ2v) is 6.37. The highest BCUT2D eigenvalue weighted by Gasteiger charge is 2.16. The summed E-state index contributed by atoms with van der Waals surface area (Å²) < 4.78 is 13.0. The predicted octanol–water partition coefficient (Wildman–Crippen LogP) is 4.09. The maximum Gasteiger partial charge on any atom is 0.273 e. The number of carbonyl (C=O) groups excluding carboxylic acids is 1. The van der Waals surface area contributed by atoms with Crippen LogP contribution in [0.3, 0.4) is 0 Å². The number of benzene rings is 2. The third-order valence-corrected chi connectivity index (χ3v) is 4.56. The Morgan fingerprint density at radius 2 is 1.88 bits per heavy atom. The molecular formula is C19H14FN3OS. The summed E-state index contributed by atoms with van der Waals surface area (Å²) in [5.41, 5.74) is 2.66. The second-order valence-electron chi connectivity index (χ2n) is 5.51. The number of carbonyl (C=O) groups is 1. The summed E-state index contributed by atoms with van der Waals surface area (Å²) in [5.74, 6) is -0.493. The van der Waals surface area contributed by atoms with Crippen molar-refractivity contribution in [2.24, 2.45) is 0 Å². The fraction of sp³-hybridized carbons (Fsp3) is 0.105. The Hall–Kier alpha value is -3.04. The summed E-state index contributed by atoms with van der Waals surface area (Å²) in [6, 6.07) is 15.2. The largest absolute Gasteiger partial charge is 0.336 e. The molecule has 0 aliphatic heterocycles. The fourth-order valence-corrected chi connectivity index (χ4v) is 3.12. The molecule has 0 spiro atoms. The molecule has 1 heterocycles. The van der Waals surface area contributed by atoms with Crippen LogP contribution in [0, 0.1) is 17.1 Å². The van der Waals surface area contributed by atoms with Crippen LogP contribution in [0.2, 0.25) is 0 Å². The molecule has 0 unspecified atom stereocenters. The molecule has 0 aliphatic carbocycles. The summed E-state index contributed by atoms with van der Waals surface area (Å²) in [6.07, 6.45) is 0. The molecule has 1 aromatic heterocycles. The van der Waals surface area contributed by atoms with E-state index in [0.29, 0.717) is 22.8 Å². The van der Waals surface area contributed by atoms with Crippen molar-refractivity contribution in [2.75, 3.05) is 7.05 Å². The van der Waals surface area contributed by atoms with Gasteiger partial charge < -0.3 is 4.90 Å². The van der Waals surface area contributed by atoms with Gasteiger partial charge in [-0.1, -0.05) is 12.1 Å². The van der Waals surface area contributed by atoms with Crippen molar-refractivity contribution >= 4 is 17.2 Å². The highest BCUT2D eigenvalue weighted by molar-refractivity contribution is 7.13. The van der Waals surface area contributed by atoms with Gasteiger partial charge in [-0.25, -0.2) is 9.37 Å². The first-order valence-corrected chi connectivity index (χ1v) is 8.41. The summed E-state index contributed by atoms with van der Waals surface area (Å²) >= 11 is 1.35. The molecule has 124 valence electrons. The van der Waals surface area contributed by atoms with Gasteiger partial charge in [0.2, 0.25) is 0 Å². The van der Waals surface area contributed by atoms with Crippen LogP contribution in [-0.2, 0) is 6.54 Å². The predicted molar refractivity (Wildman–Crippen MR) is 94.5 cm³/mol. The number of aromatic nitrogens is 1. The number of hydrogen-bond acceptors (Lipinski definition) is 4. The molecule has 4 nitrogen and oxygen atoms in total.